The zero-order valence-electron chi connectivity index (χ0n) is 14.1. The molecule has 1 aromatic carbocycles. The van der Waals surface area contributed by atoms with Crippen LogP contribution in [0.25, 0.3) is 0 Å². The van der Waals surface area contributed by atoms with E-state index in [9.17, 15) is 4.79 Å². The van der Waals surface area contributed by atoms with Gasteiger partial charge in [-0.05, 0) is 18.9 Å². The van der Waals surface area contributed by atoms with E-state index in [4.69, 9.17) is 21.1 Å². The molecule has 2 heterocycles. The molecule has 0 unspecified atom stereocenters. The SMILES string of the molecule is COc1cc(NC(=O)c2ccnc(N3CCCC3)n2)c(OC)cc1Cl. The number of benzene rings is 1. The van der Waals surface area contributed by atoms with Gasteiger partial charge in [0.05, 0.1) is 24.9 Å². The predicted molar refractivity (Wildman–Crippen MR) is 96.0 cm³/mol. The highest BCUT2D eigenvalue weighted by molar-refractivity contribution is 6.32. The van der Waals surface area contributed by atoms with Crippen molar-refractivity contribution in [2.24, 2.45) is 0 Å². The standard InChI is InChI=1S/C17H19ClN4O3/c1-24-14-10-13(15(25-2)9-11(14)18)20-16(23)12-5-6-19-17(21-12)22-7-3-4-8-22/h5-6,9-10H,3-4,7-8H2,1-2H3,(H,20,23). The van der Waals surface area contributed by atoms with Crippen molar-refractivity contribution in [2.75, 3.05) is 37.5 Å². The minimum Gasteiger partial charge on any atom is -0.495 e. The average molecular weight is 363 g/mol. The van der Waals surface area contributed by atoms with Gasteiger partial charge in [-0.1, -0.05) is 11.6 Å². The van der Waals surface area contributed by atoms with E-state index in [1.54, 1.807) is 24.4 Å². The summed E-state index contributed by atoms with van der Waals surface area (Å²) in [6, 6.07) is 4.78. The minimum absolute atomic E-state index is 0.285. The molecule has 7 nitrogen and oxygen atoms in total. The molecule has 1 amide bonds. The van der Waals surface area contributed by atoms with Crippen molar-refractivity contribution < 1.29 is 14.3 Å². The Balaban J connectivity index is 1.84. The van der Waals surface area contributed by atoms with Crippen LogP contribution in [0.2, 0.25) is 5.02 Å². The number of ether oxygens (including phenoxy) is 2. The van der Waals surface area contributed by atoms with E-state index in [1.165, 1.54) is 14.2 Å². The van der Waals surface area contributed by atoms with Gasteiger partial charge in [-0.15, -0.1) is 0 Å². The van der Waals surface area contributed by atoms with Crippen LogP contribution in [0.3, 0.4) is 0 Å². The van der Waals surface area contributed by atoms with E-state index in [2.05, 4.69) is 20.2 Å². The molecule has 3 rings (SSSR count). The Hall–Kier alpha value is -2.54. The number of methoxy groups -OCH3 is 2. The first-order valence-electron chi connectivity index (χ1n) is 7.93. The molecule has 1 aromatic heterocycles. The van der Waals surface area contributed by atoms with E-state index < -0.39 is 0 Å². The molecular weight excluding hydrogens is 344 g/mol. The van der Waals surface area contributed by atoms with Crippen LogP contribution in [0.1, 0.15) is 23.3 Å². The maximum absolute atomic E-state index is 12.6. The van der Waals surface area contributed by atoms with Crippen molar-refractivity contribution in [1.82, 2.24) is 9.97 Å². The molecule has 2 aromatic rings. The monoisotopic (exact) mass is 362 g/mol. The number of amides is 1. The van der Waals surface area contributed by atoms with Gasteiger partial charge < -0.3 is 19.7 Å². The van der Waals surface area contributed by atoms with Crippen LogP contribution in [0.5, 0.6) is 11.5 Å². The Labute approximate surface area is 150 Å². The molecule has 8 heteroatoms. The van der Waals surface area contributed by atoms with Crippen LogP contribution in [0.15, 0.2) is 24.4 Å². The van der Waals surface area contributed by atoms with E-state index in [0.29, 0.717) is 28.2 Å². The second kappa shape index (κ2) is 7.57. The molecule has 1 fully saturated rings. The largest absolute Gasteiger partial charge is 0.495 e. The molecule has 1 aliphatic rings. The summed E-state index contributed by atoms with van der Waals surface area (Å²) in [5.74, 6) is 1.10. The number of carbonyl (C=O) groups excluding carboxylic acids is 1. The van der Waals surface area contributed by atoms with Crippen molar-refractivity contribution in [3.63, 3.8) is 0 Å². The fraction of sp³-hybridized carbons (Fsp3) is 0.353. The summed E-state index contributed by atoms with van der Waals surface area (Å²) in [6.07, 6.45) is 3.82. The third-order valence-corrected chi connectivity index (χ3v) is 4.28. The lowest BCUT2D eigenvalue weighted by atomic mass is 10.2. The van der Waals surface area contributed by atoms with Crippen LogP contribution in [-0.4, -0.2) is 43.2 Å². The van der Waals surface area contributed by atoms with Gasteiger partial charge in [-0.3, -0.25) is 4.79 Å². The summed E-state index contributed by atoms with van der Waals surface area (Å²) < 4.78 is 10.5. The zero-order valence-corrected chi connectivity index (χ0v) is 14.8. The molecule has 0 atom stereocenters. The van der Waals surface area contributed by atoms with Crippen LogP contribution in [0.4, 0.5) is 11.6 Å². The number of nitrogens with one attached hydrogen (secondary N) is 1. The fourth-order valence-corrected chi connectivity index (χ4v) is 2.92. The molecule has 0 radical (unpaired) electrons. The van der Waals surface area contributed by atoms with Crippen molar-refractivity contribution in [2.45, 2.75) is 12.8 Å². The van der Waals surface area contributed by atoms with E-state index in [-0.39, 0.29) is 11.6 Å². The Bertz CT molecular complexity index is 778. The van der Waals surface area contributed by atoms with E-state index in [1.807, 2.05) is 0 Å². The second-order valence-electron chi connectivity index (χ2n) is 5.58. The molecule has 25 heavy (non-hydrogen) atoms. The summed E-state index contributed by atoms with van der Waals surface area (Å²) in [4.78, 5) is 23.3. The maximum Gasteiger partial charge on any atom is 0.274 e. The first-order chi connectivity index (χ1) is 12.1. The summed E-state index contributed by atoms with van der Waals surface area (Å²) in [6.45, 7) is 1.82. The summed E-state index contributed by atoms with van der Waals surface area (Å²) in [7, 11) is 3.01. The van der Waals surface area contributed by atoms with E-state index >= 15 is 0 Å². The highest BCUT2D eigenvalue weighted by Gasteiger charge is 2.18. The topological polar surface area (TPSA) is 76.6 Å². The highest BCUT2D eigenvalue weighted by atomic mass is 35.5. The summed E-state index contributed by atoms with van der Waals surface area (Å²) in [5.41, 5.74) is 0.739. The fourth-order valence-electron chi connectivity index (χ4n) is 2.69. The Morgan fingerprint density at radius 1 is 1.20 bits per heavy atom. The molecule has 0 spiro atoms. The maximum atomic E-state index is 12.6. The number of hydrogen-bond acceptors (Lipinski definition) is 6. The van der Waals surface area contributed by atoms with Gasteiger partial charge in [0.1, 0.15) is 17.2 Å². The molecule has 0 saturated carbocycles. The van der Waals surface area contributed by atoms with Crippen LogP contribution in [-0.2, 0) is 0 Å². The van der Waals surface area contributed by atoms with Gasteiger partial charge in [-0.25, -0.2) is 9.97 Å². The second-order valence-corrected chi connectivity index (χ2v) is 5.98. The zero-order chi connectivity index (χ0) is 17.8. The quantitative estimate of drug-likeness (QED) is 0.881. The van der Waals surface area contributed by atoms with Crippen LogP contribution in [0, 0.1) is 0 Å². The summed E-state index contributed by atoms with van der Waals surface area (Å²) in [5, 5.41) is 3.18. The van der Waals surface area contributed by atoms with Crippen molar-refractivity contribution >= 4 is 29.1 Å². The number of hydrogen-bond donors (Lipinski definition) is 1. The van der Waals surface area contributed by atoms with Gasteiger partial charge >= 0.3 is 0 Å². The number of halogens is 1. The molecule has 0 bridgehead atoms. The summed E-state index contributed by atoms with van der Waals surface area (Å²) >= 11 is 6.08. The third-order valence-electron chi connectivity index (χ3n) is 3.99. The minimum atomic E-state index is -0.356. The number of anilines is 2. The molecule has 1 N–H and O–H groups in total. The van der Waals surface area contributed by atoms with Gasteiger partial charge in [0.2, 0.25) is 5.95 Å². The lowest BCUT2D eigenvalue weighted by Crippen LogP contribution is -2.22. The molecule has 1 saturated heterocycles. The van der Waals surface area contributed by atoms with Gasteiger partial charge in [0.25, 0.3) is 5.91 Å². The average Bonchev–Trinajstić information content (AvgIpc) is 3.17. The van der Waals surface area contributed by atoms with Crippen molar-refractivity contribution in [3.05, 3.63) is 35.1 Å². The predicted octanol–water partition coefficient (Wildman–Crippen LogP) is 3.00. The van der Waals surface area contributed by atoms with E-state index in [0.717, 1.165) is 25.9 Å². The van der Waals surface area contributed by atoms with Crippen molar-refractivity contribution in [1.29, 1.82) is 0 Å². The first-order valence-corrected chi connectivity index (χ1v) is 8.31. The number of carbonyl (C=O) groups is 1. The lowest BCUT2D eigenvalue weighted by molar-refractivity contribution is 0.102. The Morgan fingerprint density at radius 3 is 2.60 bits per heavy atom. The van der Waals surface area contributed by atoms with Gasteiger partial charge in [0, 0.05) is 31.4 Å². The molecule has 1 aliphatic heterocycles. The smallest absolute Gasteiger partial charge is 0.274 e. The van der Waals surface area contributed by atoms with Crippen molar-refractivity contribution in [3.8, 4) is 11.5 Å². The molecular formula is C17H19ClN4O3. The number of rotatable bonds is 5. The Morgan fingerprint density at radius 2 is 1.92 bits per heavy atom. The van der Waals surface area contributed by atoms with Gasteiger partial charge in [0.15, 0.2) is 0 Å². The lowest BCUT2D eigenvalue weighted by Gasteiger charge is -2.16. The highest BCUT2D eigenvalue weighted by Crippen LogP contribution is 2.36. The molecule has 0 aliphatic carbocycles. The molecule has 132 valence electrons. The van der Waals surface area contributed by atoms with Gasteiger partial charge in [-0.2, -0.15) is 0 Å². The van der Waals surface area contributed by atoms with Crippen LogP contribution < -0.4 is 19.7 Å². The first kappa shape index (κ1) is 17.3. The Kier molecular flexibility index (Phi) is 5.23. The van der Waals surface area contributed by atoms with Crippen LogP contribution >= 0.6 is 11.6 Å². The number of nitrogens with zero attached hydrogens (tertiary/aromatic N) is 3. The number of aromatic nitrogens is 2. The normalized spacial score (nSPS) is 13.6. The third kappa shape index (κ3) is 3.76.